The number of carboxylic acid groups (broad SMARTS) is 1. The number of hydrogen-bond acceptors (Lipinski definition) is 3. The highest BCUT2D eigenvalue weighted by molar-refractivity contribution is 5.76. The van der Waals surface area contributed by atoms with Gasteiger partial charge in [-0.1, -0.05) is 6.92 Å². The third-order valence-electron chi connectivity index (χ3n) is 1.84. The van der Waals surface area contributed by atoms with E-state index in [0.717, 1.165) is 0 Å². The van der Waals surface area contributed by atoms with Crippen molar-refractivity contribution in [3.8, 4) is 0 Å². The highest BCUT2D eigenvalue weighted by atomic mass is 16.5. The predicted octanol–water partition coefficient (Wildman–Crippen LogP) is 0.938. The molecule has 0 fully saturated rings. The molecule has 0 spiro atoms. The first-order chi connectivity index (χ1) is 6.02. The van der Waals surface area contributed by atoms with Crippen LogP contribution in [0.1, 0.15) is 20.3 Å². The second kappa shape index (κ2) is 5.40. The number of carbonyl (C=O) groups is 2. The number of carboxylic acids is 1. The zero-order valence-electron chi connectivity index (χ0n) is 8.11. The molecule has 76 valence electrons. The van der Waals surface area contributed by atoms with Crippen LogP contribution in [0, 0.1) is 0 Å². The molecule has 0 aromatic carbocycles. The second-order valence-corrected chi connectivity index (χ2v) is 2.75. The Balaban J connectivity index is 4.35. The van der Waals surface area contributed by atoms with Crippen molar-refractivity contribution >= 4 is 12.1 Å². The summed E-state index contributed by atoms with van der Waals surface area (Å²) in [5.41, 5.74) is 0. The summed E-state index contributed by atoms with van der Waals surface area (Å²) in [7, 11) is 1.24. The van der Waals surface area contributed by atoms with Crippen molar-refractivity contribution in [3.63, 3.8) is 0 Å². The van der Waals surface area contributed by atoms with E-state index in [1.807, 2.05) is 6.92 Å². The molecule has 0 aliphatic rings. The Morgan fingerprint density at radius 2 is 2.08 bits per heavy atom. The Morgan fingerprint density at radius 1 is 1.54 bits per heavy atom. The van der Waals surface area contributed by atoms with Crippen LogP contribution in [0.3, 0.4) is 0 Å². The molecule has 0 aromatic heterocycles. The second-order valence-electron chi connectivity index (χ2n) is 2.75. The number of rotatable bonds is 4. The van der Waals surface area contributed by atoms with Gasteiger partial charge in [0.25, 0.3) is 0 Å². The summed E-state index contributed by atoms with van der Waals surface area (Å²) in [4.78, 5) is 22.7. The van der Waals surface area contributed by atoms with E-state index in [1.165, 1.54) is 12.0 Å². The molecule has 0 heterocycles. The molecule has 0 aliphatic heterocycles. The molecule has 1 N–H and O–H groups in total. The Bertz CT molecular complexity index is 193. The van der Waals surface area contributed by atoms with Crippen molar-refractivity contribution in [1.29, 1.82) is 0 Å². The highest BCUT2D eigenvalue weighted by Gasteiger charge is 2.21. The Labute approximate surface area is 77.3 Å². The molecular formula is C8H15NO4. The van der Waals surface area contributed by atoms with Gasteiger partial charge in [0.1, 0.15) is 6.54 Å². The van der Waals surface area contributed by atoms with Gasteiger partial charge in [0.05, 0.1) is 7.11 Å². The molecule has 1 atom stereocenters. The van der Waals surface area contributed by atoms with Crippen LogP contribution in [0.4, 0.5) is 4.79 Å². The van der Waals surface area contributed by atoms with Crippen molar-refractivity contribution in [2.24, 2.45) is 0 Å². The number of amides is 1. The molecular weight excluding hydrogens is 174 g/mol. The largest absolute Gasteiger partial charge is 0.480 e. The lowest BCUT2D eigenvalue weighted by Gasteiger charge is -2.24. The molecule has 5 nitrogen and oxygen atoms in total. The van der Waals surface area contributed by atoms with Gasteiger partial charge in [-0.3, -0.25) is 9.69 Å². The van der Waals surface area contributed by atoms with Crippen molar-refractivity contribution in [2.75, 3.05) is 13.7 Å². The van der Waals surface area contributed by atoms with Gasteiger partial charge >= 0.3 is 12.1 Å². The number of nitrogens with zero attached hydrogens (tertiary/aromatic N) is 1. The van der Waals surface area contributed by atoms with Gasteiger partial charge in [0.15, 0.2) is 0 Å². The third-order valence-corrected chi connectivity index (χ3v) is 1.84. The maximum absolute atomic E-state index is 11.1. The zero-order valence-corrected chi connectivity index (χ0v) is 8.11. The van der Waals surface area contributed by atoms with E-state index in [0.29, 0.717) is 6.42 Å². The number of carbonyl (C=O) groups excluding carboxylic acids is 1. The fourth-order valence-electron chi connectivity index (χ4n) is 0.884. The van der Waals surface area contributed by atoms with Crippen molar-refractivity contribution in [1.82, 2.24) is 4.90 Å². The first-order valence-corrected chi connectivity index (χ1v) is 4.09. The quantitative estimate of drug-likeness (QED) is 0.714. The maximum Gasteiger partial charge on any atom is 0.410 e. The molecule has 0 aliphatic carbocycles. The van der Waals surface area contributed by atoms with E-state index in [4.69, 9.17) is 5.11 Å². The standard InChI is InChI=1S/C8H15NO4/c1-4-6(2)9(5-7(10)11)8(12)13-3/h6H,4-5H2,1-3H3,(H,10,11). The summed E-state index contributed by atoms with van der Waals surface area (Å²) in [6, 6.07) is -0.122. The van der Waals surface area contributed by atoms with Crippen molar-refractivity contribution in [2.45, 2.75) is 26.3 Å². The van der Waals surface area contributed by atoms with Gasteiger partial charge in [-0.15, -0.1) is 0 Å². The summed E-state index contributed by atoms with van der Waals surface area (Å²) in [5, 5.41) is 8.52. The fraction of sp³-hybridized carbons (Fsp3) is 0.750. The van der Waals surface area contributed by atoms with E-state index in [-0.39, 0.29) is 12.6 Å². The number of aliphatic carboxylic acids is 1. The average molecular weight is 189 g/mol. The number of hydrogen-bond donors (Lipinski definition) is 1. The molecule has 0 radical (unpaired) electrons. The Hall–Kier alpha value is -1.26. The van der Waals surface area contributed by atoms with Crippen LogP contribution in [0.5, 0.6) is 0 Å². The minimum absolute atomic E-state index is 0.122. The molecule has 1 amide bonds. The SMILES string of the molecule is CCC(C)N(CC(=O)O)C(=O)OC. The first-order valence-electron chi connectivity index (χ1n) is 4.09. The number of methoxy groups -OCH3 is 1. The summed E-state index contributed by atoms with van der Waals surface area (Å²) < 4.78 is 4.46. The van der Waals surface area contributed by atoms with Crippen molar-refractivity contribution < 1.29 is 19.4 Å². The van der Waals surface area contributed by atoms with Crippen LogP contribution in [-0.2, 0) is 9.53 Å². The molecule has 0 rings (SSSR count). The monoisotopic (exact) mass is 189 g/mol. The van der Waals surface area contributed by atoms with Gasteiger partial charge in [-0.05, 0) is 13.3 Å². The van der Waals surface area contributed by atoms with Crippen LogP contribution >= 0.6 is 0 Å². The highest BCUT2D eigenvalue weighted by Crippen LogP contribution is 2.04. The molecule has 13 heavy (non-hydrogen) atoms. The smallest absolute Gasteiger partial charge is 0.410 e. The van der Waals surface area contributed by atoms with E-state index >= 15 is 0 Å². The van der Waals surface area contributed by atoms with Crippen LogP contribution in [0.2, 0.25) is 0 Å². The minimum atomic E-state index is -1.04. The van der Waals surface area contributed by atoms with Gasteiger partial charge in [0, 0.05) is 6.04 Å². The van der Waals surface area contributed by atoms with E-state index in [9.17, 15) is 9.59 Å². The predicted molar refractivity (Wildman–Crippen MR) is 46.5 cm³/mol. The maximum atomic E-state index is 11.1. The average Bonchev–Trinajstić information content (AvgIpc) is 2.11. The topological polar surface area (TPSA) is 66.8 Å². The minimum Gasteiger partial charge on any atom is -0.480 e. The summed E-state index contributed by atoms with van der Waals surface area (Å²) in [6.45, 7) is 3.34. The molecule has 0 aromatic rings. The molecule has 0 bridgehead atoms. The third kappa shape index (κ3) is 3.78. The van der Waals surface area contributed by atoms with Crippen LogP contribution in [0.15, 0.2) is 0 Å². The summed E-state index contributed by atoms with van der Waals surface area (Å²) >= 11 is 0. The lowest BCUT2D eigenvalue weighted by molar-refractivity contribution is -0.138. The van der Waals surface area contributed by atoms with Crippen LogP contribution in [0.25, 0.3) is 0 Å². The molecule has 5 heteroatoms. The number of ether oxygens (including phenoxy) is 1. The van der Waals surface area contributed by atoms with E-state index < -0.39 is 12.1 Å². The first kappa shape index (κ1) is 11.7. The van der Waals surface area contributed by atoms with Gasteiger partial charge in [0.2, 0.25) is 0 Å². The molecule has 0 saturated carbocycles. The molecule has 0 saturated heterocycles. The lowest BCUT2D eigenvalue weighted by Crippen LogP contribution is -2.41. The van der Waals surface area contributed by atoms with Gasteiger partial charge < -0.3 is 9.84 Å². The Morgan fingerprint density at radius 3 is 2.38 bits per heavy atom. The summed E-state index contributed by atoms with van der Waals surface area (Å²) in [6.07, 6.45) is 0.0966. The lowest BCUT2D eigenvalue weighted by atomic mass is 10.2. The fourth-order valence-corrected chi connectivity index (χ4v) is 0.884. The van der Waals surface area contributed by atoms with Crippen molar-refractivity contribution in [3.05, 3.63) is 0 Å². The van der Waals surface area contributed by atoms with Crippen LogP contribution in [-0.4, -0.2) is 41.8 Å². The van der Waals surface area contributed by atoms with Gasteiger partial charge in [-0.2, -0.15) is 0 Å². The zero-order chi connectivity index (χ0) is 10.4. The summed E-state index contributed by atoms with van der Waals surface area (Å²) in [5.74, 6) is -1.04. The van der Waals surface area contributed by atoms with E-state index in [2.05, 4.69) is 4.74 Å². The van der Waals surface area contributed by atoms with Gasteiger partial charge in [-0.25, -0.2) is 4.79 Å². The van der Waals surface area contributed by atoms with E-state index in [1.54, 1.807) is 6.92 Å². The van der Waals surface area contributed by atoms with Crippen LogP contribution < -0.4 is 0 Å². The molecule has 1 unspecified atom stereocenters. The Kier molecular flexibility index (Phi) is 4.87. The normalized spacial score (nSPS) is 11.9.